The molecule has 1 saturated heterocycles. The van der Waals surface area contributed by atoms with Crippen LogP contribution in [-0.2, 0) is 0 Å². The van der Waals surface area contributed by atoms with Crippen LogP contribution in [-0.4, -0.2) is 36.0 Å². The molecule has 2 rings (SSSR count). The van der Waals surface area contributed by atoms with Crippen LogP contribution in [0.4, 0.5) is 0 Å². The van der Waals surface area contributed by atoms with E-state index < -0.39 is 0 Å². The van der Waals surface area contributed by atoms with Crippen molar-refractivity contribution in [2.75, 3.05) is 25.1 Å². The maximum atomic E-state index is 5.98. The lowest BCUT2D eigenvalue weighted by molar-refractivity contribution is 0.195. The lowest BCUT2D eigenvalue weighted by Crippen LogP contribution is -2.38. The van der Waals surface area contributed by atoms with Gasteiger partial charge in [-0.05, 0) is 48.1 Å². The smallest absolute Gasteiger partial charge is 0.0565 e. The van der Waals surface area contributed by atoms with E-state index in [0.29, 0.717) is 18.6 Å². The fraction of sp³-hybridized carbons (Fsp3) is 0.667. The van der Waals surface area contributed by atoms with Gasteiger partial charge in [0.05, 0.1) is 6.04 Å². The minimum Gasteiger partial charge on any atom is -0.329 e. The van der Waals surface area contributed by atoms with Crippen LogP contribution in [0.25, 0.3) is 0 Å². The fourth-order valence-electron chi connectivity index (χ4n) is 2.23. The third-order valence-corrected chi connectivity index (χ3v) is 6.78. The molecule has 0 radical (unpaired) electrons. The first-order valence-corrected chi connectivity index (χ1v) is 8.65. The van der Waals surface area contributed by atoms with Crippen molar-refractivity contribution in [1.82, 2.24) is 4.90 Å². The van der Waals surface area contributed by atoms with Gasteiger partial charge in [-0.3, -0.25) is 4.90 Å². The second-order valence-electron chi connectivity index (χ2n) is 4.49. The van der Waals surface area contributed by atoms with E-state index in [1.165, 1.54) is 32.2 Å². The molecule has 96 valence electrons. The van der Waals surface area contributed by atoms with Crippen molar-refractivity contribution in [3.63, 3.8) is 0 Å². The SMILES string of the molecule is Cc1sc(C(CN)N(C)C2CCSC2)cc1Br. The predicted octanol–water partition coefficient (Wildman–Crippen LogP) is 3.26. The second-order valence-corrected chi connectivity index (χ2v) is 7.78. The maximum Gasteiger partial charge on any atom is 0.0565 e. The molecule has 1 aliphatic heterocycles. The Kier molecular flexibility index (Phi) is 4.95. The highest BCUT2D eigenvalue weighted by atomic mass is 79.9. The summed E-state index contributed by atoms with van der Waals surface area (Å²) in [6.07, 6.45) is 1.29. The zero-order chi connectivity index (χ0) is 12.4. The van der Waals surface area contributed by atoms with Gasteiger partial charge in [-0.2, -0.15) is 11.8 Å². The van der Waals surface area contributed by atoms with Crippen LogP contribution in [0.2, 0.25) is 0 Å². The van der Waals surface area contributed by atoms with Crippen LogP contribution in [0.3, 0.4) is 0 Å². The molecule has 1 aliphatic rings. The van der Waals surface area contributed by atoms with Gasteiger partial charge in [0.15, 0.2) is 0 Å². The highest BCUT2D eigenvalue weighted by molar-refractivity contribution is 9.10. The molecule has 0 spiro atoms. The van der Waals surface area contributed by atoms with Crippen molar-refractivity contribution in [2.24, 2.45) is 5.73 Å². The number of hydrogen-bond acceptors (Lipinski definition) is 4. The van der Waals surface area contributed by atoms with Gasteiger partial charge in [0.2, 0.25) is 0 Å². The minimum atomic E-state index is 0.369. The molecule has 17 heavy (non-hydrogen) atoms. The Morgan fingerprint density at radius 1 is 1.65 bits per heavy atom. The Balaban J connectivity index is 2.14. The summed E-state index contributed by atoms with van der Waals surface area (Å²) in [6.45, 7) is 2.85. The van der Waals surface area contributed by atoms with Crippen molar-refractivity contribution < 1.29 is 0 Å². The predicted molar refractivity (Wildman–Crippen MR) is 82.0 cm³/mol. The number of thioether (sulfide) groups is 1. The van der Waals surface area contributed by atoms with Crippen LogP contribution in [0.5, 0.6) is 0 Å². The Labute approximate surface area is 120 Å². The van der Waals surface area contributed by atoms with Gasteiger partial charge in [-0.15, -0.1) is 11.3 Å². The molecule has 1 aromatic rings. The van der Waals surface area contributed by atoms with E-state index in [0.717, 1.165) is 0 Å². The van der Waals surface area contributed by atoms with Gasteiger partial charge in [0, 0.05) is 32.6 Å². The third-order valence-electron chi connectivity index (χ3n) is 3.40. The van der Waals surface area contributed by atoms with Gasteiger partial charge in [0.1, 0.15) is 0 Å². The Hall–Kier alpha value is 0.450. The van der Waals surface area contributed by atoms with E-state index in [4.69, 9.17) is 5.73 Å². The Morgan fingerprint density at radius 3 is 2.88 bits per heavy atom. The molecule has 2 atom stereocenters. The molecule has 0 bridgehead atoms. The lowest BCUT2D eigenvalue weighted by atomic mass is 10.1. The summed E-state index contributed by atoms with van der Waals surface area (Å²) >= 11 is 7.51. The fourth-order valence-corrected chi connectivity index (χ4v) is 5.23. The molecule has 5 heteroatoms. The lowest BCUT2D eigenvalue weighted by Gasteiger charge is -2.31. The molecule has 0 amide bonds. The van der Waals surface area contributed by atoms with E-state index in [1.807, 2.05) is 11.3 Å². The van der Waals surface area contributed by atoms with Crippen LogP contribution in [0.15, 0.2) is 10.5 Å². The topological polar surface area (TPSA) is 29.3 Å². The maximum absolute atomic E-state index is 5.98. The molecular weight excluding hydrogens is 316 g/mol. The first kappa shape index (κ1) is 13.9. The standard InChI is InChI=1S/C12H19BrN2S2/c1-8-10(13)5-12(17-8)11(6-14)15(2)9-3-4-16-7-9/h5,9,11H,3-4,6-7,14H2,1-2H3. The van der Waals surface area contributed by atoms with Crippen LogP contribution in [0.1, 0.15) is 22.2 Å². The summed E-state index contributed by atoms with van der Waals surface area (Å²) in [6, 6.07) is 3.29. The van der Waals surface area contributed by atoms with E-state index >= 15 is 0 Å². The molecule has 1 aromatic heterocycles. The Morgan fingerprint density at radius 2 is 2.41 bits per heavy atom. The average Bonchev–Trinajstić information content (AvgIpc) is 2.91. The highest BCUT2D eigenvalue weighted by Gasteiger charge is 2.27. The number of hydrogen-bond donors (Lipinski definition) is 1. The normalized spacial score (nSPS) is 22.3. The molecule has 0 aliphatic carbocycles. The molecular formula is C12H19BrN2S2. The number of aryl methyl sites for hydroxylation is 1. The highest BCUT2D eigenvalue weighted by Crippen LogP contribution is 2.35. The van der Waals surface area contributed by atoms with E-state index in [9.17, 15) is 0 Å². The van der Waals surface area contributed by atoms with Gasteiger partial charge >= 0.3 is 0 Å². The van der Waals surface area contributed by atoms with Crippen molar-refractivity contribution >= 4 is 39.0 Å². The summed E-state index contributed by atoms with van der Waals surface area (Å²) in [4.78, 5) is 5.20. The van der Waals surface area contributed by atoms with Crippen LogP contribution in [0, 0.1) is 6.92 Å². The largest absolute Gasteiger partial charge is 0.329 e. The monoisotopic (exact) mass is 334 g/mol. The summed E-state index contributed by atoms with van der Waals surface area (Å²) in [5.41, 5.74) is 5.98. The summed E-state index contributed by atoms with van der Waals surface area (Å²) < 4.78 is 1.21. The van der Waals surface area contributed by atoms with Crippen LogP contribution < -0.4 is 5.73 Å². The molecule has 2 N–H and O–H groups in total. The Bertz CT molecular complexity index is 355. The first-order valence-electron chi connectivity index (χ1n) is 5.89. The van der Waals surface area contributed by atoms with Crippen molar-refractivity contribution in [2.45, 2.75) is 25.4 Å². The van der Waals surface area contributed by atoms with Gasteiger partial charge < -0.3 is 5.73 Å². The molecule has 2 heterocycles. The minimum absolute atomic E-state index is 0.369. The zero-order valence-electron chi connectivity index (χ0n) is 10.3. The number of nitrogens with zero attached hydrogens (tertiary/aromatic N) is 1. The van der Waals surface area contributed by atoms with Gasteiger partial charge in [0.25, 0.3) is 0 Å². The first-order chi connectivity index (χ1) is 8.13. The molecule has 0 saturated carbocycles. The van der Waals surface area contributed by atoms with Crippen molar-refractivity contribution in [3.05, 3.63) is 20.3 Å². The van der Waals surface area contributed by atoms with E-state index in [2.05, 4.69) is 52.6 Å². The van der Waals surface area contributed by atoms with Gasteiger partial charge in [-0.1, -0.05) is 0 Å². The number of halogens is 1. The molecule has 0 aromatic carbocycles. The average molecular weight is 335 g/mol. The summed E-state index contributed by atoms with van der Waals surface area (Å²) in [7, 11) is 2.22. The summed E-state index contributed by atoms with van der Waals surface area (Å²) in [5.74, 6) is 2.54. The molecule has 2 unspecified atom stereocenters. The van der Waals surface area contributed by atoms with Crippen LogP contribution >= 0.6 is 39.0 Å². The van der Waals surface area contributed by atoms with Crippen molar-refractivity contribution in [1.29, 1.82) is 0 Å². The van der Waals surface area contributed by atoms with E-state index in [-0.39, 0.29) is 0 Å². The summed E-state index contributed by atoms with van der Waals surface area (Å²) in [5, 5.41) is 0. The number of nitrogens with two attached hydrogens (primary N) is 1. The van der Waals surface area contributed by atoms with Crippen molar-refractivity contribution in [3.8, 4) is 0 Å². The number of thiophene rings is 1. The van der Waals surface area contributed by atoms with Gasteiger partial charge in [-0.25, -0.2) is 0 Å². The molecule has 2 nitrogen and oxygen atoms in total. The number of likely N-dealkylation sites (N-methyl/N-ethyl adjacent to an activating group) is 1. The van der Waals surface area contributed by atoms with E-state index in [1.54, 1.807) is 0 Å². The second kappa shape index (κ2) is 6.06. The molecule has 1 fully saturated rings. The third kappa shape index (κ3) is 3.07. The quantitative estimate of drug-likeness (QED) is 0.916. The number of rotatable bonds is 4. The zero-order valence-corrected chi connectivity index (χ0v) is 13.5.